The highest BCUT2D eigenvalue weighted by molar-refractivity contribution is 5.22. The van der Waals surface area contributed by atoms with Crippen LogP contribution in [0.1, 0.15) is 25.7 Å². The van der Waals surface area contributed by atoms with Gasteiger partial charge >= 0.3 is 0 Å². The van der Waals surface area contributed by atoms with Crippen LogP contribution in [0.5, 0.6) is 0 Å². The molecule has 2 aliphatic rings. The minimum Gasteiger partial charge on any atom is -0.349 e. The summed E-state index contributed by atoms with van der Waals surface area (Å²) in [5, 5.41) is 17.0. The quantitative estimate of drug-likeness (QED) is 0.704. The second kappa shape index (κ2) is 2.68. The van der Waals surface area contributed by atoms with Crippen LogP contribution in [0.15, 0.2) is 0 Å². The second-order valence-electron chi connectivity index (χ2n) is 4.15. The lowest BCUT2D eigenvalue weighted by atomic mass is 9.96. The van der Waals surface area contributed by atoms with Gasteiger partial charge in [0.1, 0.15) is 0 Å². The molecule has 0 saturated heterocycles. The van der Waals surface area contributed by atoms with Crippen LogP contribution >= 0.6 is 0 Å². The molecule has 2 N–H and O–H groups in total. The summed E-state index contributed by atoms with van der Waals surface area (Å²) in [5.41, 5.74) is 0. The average Bonchev–Trinajstić information content (AvgIpc) is 2.73. The SMILES string of the molecule is C1CC2CC2CC1Nc1nn[nH]n1. The Morgan fingerprint density at radius 1 is 1.23 bits per heavy atom. The molecule has 13 heavy (non-hydrogen) atoms. The Morgan fingerprint density at radius 3 is 3.00 bits per heavy atom. The molecule has 3 atom stereocenters. The molecule has 1 aromatic heterocycles. The first kappa shape index (κ1) is 7.29. The normalized spacial score (nSPS) is 36.8. The van der Waals surface area contributed by atoms with E-state index in [0.717, 1.165) is 11.8 Å². The van der Waals surface area contributed by atoms with Crippen LogP contribution < -0.4 is 5.32 Å². The predicted octanol–water partition coefficient (Wildman–Crippen LogP) is 0.800. The van der Waals surface area contributed by atoms with Crippen molar-refractivity contribution in [3.05, 3.63) is 0 Å². The van der Waals surface area contributed by atoms with E-state index < -0.39 is 0 Å². The molecule has 3 rings (SSSR count). The molecular formula is C8H13N5. The van der Waals surface area contributed by atoms with Crippen molar-refractivity contribution in [3.63, 3.8) is 0 Å². The van der Waals surface area contributed by atoms with Gasteiger partial charge in [-0.05, 0) is 42.7 Å². The van der Waals surface area contributed by atoms with Crippen molar-refractivity contribution in [1.82, 2.24) is 20.6 Å². The summed E-state index contributed by atoms with van der Waals surface area (Å²) in [6, 6.07) is 0.571. The van der Waals surface area contributed by atoms with Crippen molar-refractivity contribution in [3.8, 4) is 0 Å². The number of aromatic amines is 1. The van der Waals surface area contributed by atoms with E-state index in [4.69, 9.17) is 0 Å². The van der Waals surface area contributed by atoms with Crippen molar-refractivity contribution >= 4 is 5.95 Å². The van der Waals surface area contributed by atoms with Gasteiger partial charge in [-0.25, -0.2) is 0 Å². The first-order valence-corrected chi connectivity index (χ1v) is 4.92. The van der Waals surface area contributed by atoms with Gasteiger partial charge in [0.25, 0.3) is 5.95 Å². The molecule has 2 aliphatic carbocycles. The minimum atomic E-state index is 0.571. The number of nitrogens with one attached hydrogen (secondary N) is 2. The van der Waals surface area contributed by atoms with E-state index in [2.05, 4.69) is 25.9 Å². The fraction of sp³-hybridized carbons (Fsp3) is 0.875. The van der Waals surface area contributed by atoms with E-state index >= 15 is 0 Å². The molecule has 0 aromatic carbocycles. The smallest absolute Gasteiger partial charge is 0.263 e. The van der Waals surface area contributed by atoms with Crippen molar-refractivity contribution in [2.45, 2.75) is 31.7 Å². The van der Waals surface area contributed by atoms with Gasteiger partial charge in [0.2, 0.25) is 0 Å². The van der Waals surface area contributed by atoms with Gasteiger partial charge in [-0.3, -0.25) is 0 Å². The second-order valence-corrected chi connectivity index (χ2v) is 4.15. The monoisotopic (exact) mass is 179 g/mol. The van der Waals surface area contributed by atoms with Crippen molar-refractivity contribution in [2.75, 3.05) is 5.32 Å². The number of hydrogen-bond acceptors (Lipinski definition) is 4. The molecule has 5 heteroatoms. The first-order valence-electron chi connectivity index (χ1n) is 4.92. The molecular weight excluding hydrogens is 166 g/mol. The first-order chi connectivity index (χ1) is 6.42. The predicted molar refractivity (Wildman–Crippen MR) is 47.0 cm³/mol. The van der Waals surface area contributed by atoms with Crippen LogP contribution in [0.3, 0.4) is 0 Å². The number of rotatable bonds is 2. The summed E-state index contributed by atoms with van der Waals surface area (Å²) >= 11 is 0. The van der Waals surface area contributed by atoms with Gasteiger partial charge in [-0.1, -0.05) is 5.10 Å². The molecule has 3 unspecified atom stereocenters. The lowest BCUT2D eigenvalue weighted by Crippen LogP contribution is -2.24. The molecule has 0 spiro atoms. The van der Waals surface area contributed by atoms with E-state index in [-0.39, 0.29) is 0 Å². The average molecular weight is 179 g/mol. The molecule has 1 heterocycles. The van der Waals surface area contributed by atoms with Crippen molar-refractivity contribution < 1.29 is 0 Å². The maximum Gasteiger partial charge on any atom is 0.263 e. The maximum atomic E-state index is 3.89. The number of H-pyrrole nitrogens is 1. The van der Waals surface area contributed by atoms with E-state index in [9.17, 15) is 0 Å². The third kappa shape index (κ3) is 1.38. The Kier molecular flexibility index (Phi) is 1.50. The molecule has 5 nitrogen and oxygen atoms in total. The van der Waals surface area contributed by atoms with Crippen molar-refractivity contribution in [1.29, 1.82) is 0 Å². The lowest BCUT2D eigenvalue weighted by Gasteiger charge is -2.21. The Balaban J connectivity index is 1.60. The zero-order valence-corrected chi connectivity index (χ0v) is 7.40. The van der Waals surface area contributed by atoms with Crippen LogP contribution in [-0.4, -0.2) is 26.7 Å². The fourth-order valence-electron chi connectivity index (χ4n) is 2.39. The van der Waals surface area contributed by atoms with Crippen LogP contribution in [0.25, 0.3) is 0 Å². The van der Waals surface area contributed by atoms with E-state index in [1.165, 1.54) is 25.7 Å². The summed E-state index contributed by atoms with van der Waals surface area (Å²) < 4.78 is 0. The van der Waals surface area contributed by atoms with Crippen LogP contribution in [0.4, 0.5) is 5.95 Å². The van der Waals surface area contributed by atoms with Crippen LogP contribution in [0.2, 0.25) is 0 Å². The zero-order valence-electron chi connectivity index (χ0n) is 7.40. The molecule has 2 saturated carbocycles. The molecule has 1 aromatic rings. The minimum absolute atomic E-state index is 0.571. The Bertz CT molecular complexity index is 283. The number of hydrogen-bond donors (Lipinski definition) is 2. The fourth-order valence-corrected chi connectivity index (χ4v) is 2.39. The summed E-state index contributed by atoms with van der Waals surface area (Å²) in [6.45, 7) is 0. The molecule has 0 amide bonds. The molecule has 2 fully saturated rings. The Morgan fingerprint density at radius 2 is 2.23 bits per heavy atom. The lowest BCUT2D eigenvalue weighted by molar-refractivity contribution is 0.440. The van der Waals surface area contributed by atoms with Gasteiger partial charge < -0.3 is 5.32 Å². The highest BCUT2D eigenvalue weighted by Crippen LogP contribution is 2.49. The van der Waals surface area contributed by atoms with Crippen LogP contribution in [-0.2, 0) is 0 Å². The number of tetrazole rings is 1. The largest absolute Gasteiger partial charge is 0.349 e. The standard InChI is InChI=1S/C8H13N5/c1-2-7(4-6-3-5(1)6)9-8-10-12-13-11-8/h5-7H,1-4H2,(H2,9,10,11,12,13). The van der Waals surface area contributed by atoms with Crippen molar-refractivity contribution in [2.24, 2.45) is 11.8 Å². The number of anilines is 1. The molecule has 0 aliphatic heterocycles. The molecule has 70 valence electrons. The zero-order chi connectivity index (χ0) is 8.67. The van der Waals surface area contributed by atoms with Gasteiger partial charge in [-0.15, -0.1) is 5.10 Å². The van der Waals surface area contributed by atoms with E-state index in [1.807, 2.05) is 0 Å². The van der Waals surface area contributed by atoms with E-state index in [0.29, 0.717) is 12.0 Å². The molecule has 0 bridgehead atoms. The highest BCUT2D eigenvalue weighted by Gasteiger charge is 2.42. The summed E-state index contributed by atoms with van der Waals surface area (Å²) in [4.78, 5) is 0. The summed E-state index contributed by atoms with van der Waals surface area (Å²) in [5.74, 6) is 2.67. The van der Waals surface area contributed by atoms with Gasteiger partial charge in [-0.2, -0.15) is 5.21 Å². The van der Waals surface area contributed by atoms with E-state index in [1.54, 1.807) is 0 Å². The topological polar surface area (TPSA) is 66.5 Å². The van der Waals surface area contributed by atoms with Gasteiger partial charge in [0.15, 0.2) is 0 Å². The number of aromatic nitrogens is 4. The highest BCUT2D eigenvalue weighted by atomic mass is 15.5. The molecule has 0 radical (unpaired) electrons. The maximum absolute atomic E-state index is 3.89. The Hall–Kier alpha value is -1.13. The van der Waals surface area contributed by atoms with Crippen LogP contribution in [0, 0.1) is 11.8 Å². The summed E-state index contributed by atoms with van der Waals surface area (Å²) in [7, 11) is 0. The number of fused-ring (bicyclic) bond motifs is 1. The Labute approximate surface area is 76.3 Å². The third-order valence-corrected chi connectivity index (χ3v) is 3.22. The summed E-state index contributed by atoms with van der Waals surface area (Å²) in [6.07, 6.45) is 5.37. The third-order valence-electron chi connectivity index (χ3n) is 3.22. The van der Waals surface area contributed by atoms with Gasteiger partial charge in [0.05, 0.1) is 0 Å². The number of nitrogens with zero attached hydrogens (tertiary/aromatic N) is 3. The van der Waals surface area contributed by atoms with Gasteiger partial charge in [0, 0.05) is 6.04 Å².